The van der Waals surface area contributed by atoms with Gasteiger partial charge in [0, 0.05) is 12.4 Å². The Morgan fingerprint density at radius 2 is 2.31 bits per heavy atom. The van der Waals surface area contributed by atoms with Gasteiger partial charge in [-0.3, -0.25) is 10.1 Å². The van der Waals surface area contributed by atoms with Crippen LogP contribution in [0, 0.1) is 0 Å². The molecule has 66 valence electrons. The zero-order chi connectivity index (χ0) is 9.10. The van der Waals surface area contributed by atoms with Crippen molar-refractivity contribution in [2.45, 2.75) is 5.88 Å². The molecule has 0 atom stereocenters. The van der Waals surface area contributed by atoms with Crippen molar-refractivity contribution in [2.24, 2.45) is 0 Å². The molecule has 2 aromatic rings. The summed E-state index contributed by atoms with van der Waals surface area (Å²) in [5.74, 6) is 1.46. The summed E-state index contributed by atoms with van der Waals surface area (Å²) in [5, 5.41) is 6.63. The van der Waals surface area contributed by atoms with E-state index in [2.05, 4.69) is 25.1 Å². The predicted molar refractivity (Wildman–Crippen MR) is 47.0 cm³/mol. The smallest absolute Gasteiger partial charge is 0.201 e. The molecule has 0 aliphatic rings. The van der Waals surface area contributed by atoms with Gasteiger partial charge >= 0.3 is 0 Å². The summed E-state index contributed by atoms with van der Waals surface area (Å²) < 4.78 is 0. The highest BCUT2D eigenvalue weighted by atomic mass is 35.5. The zero-order valence-electron chi connectivity index (χ0n) is 6.61. The second-order valence-corrected chi connectivity index (χ2v) is 2.60. The molecule has 0 radical (unpaired) electrons. The molecule has 1 N–H and O–H groups in total. The molecule has 0 aromatic carbocycles. The fourth-order valence-electron chi connectivity index (χ4n) is 0.884. The lowest BCUT2D eigenvalue weighted by Gasteiger charge is -1.89. The zero-order valence-corrected chi connectivity index (χ0v) is 7.36. The van der Waals surface area contributed by atoms with Gasteiger partial charge in [-0.05, 0) is 0 Å². The average molecular weight is 196 g/mol. The van der Waals surface area contributed by atoms with E-state index in [1.165, 1.54) is 0 Å². The summed E-state index contributed by atoms with van der Waals surface area (Å²) in [6.07, 6.45) is 4.78. The fraction of sp³-hybridized carbons (Fsp3) is 0.143. The fourth-order valence-corrected chi connectivity index (χ4v) is 1.00. The van der Waals surface area contributed by atoms with Crippen LogP contribution in [0.5, 0.6) is 0 Å². The number of H-pyrrole nitrogens is 1. The van der Waals surface area contributed by atoms with E-state index in [1.807, 2.05) is 0 Å². The van der Waals surface area contributed by atoms with Crippen molar-refractivity contribution in [2.75, 3.05) is 0 Å². The lowest BCUT2D eigenvalue weighted by molar-refractivity contribution is 1.02. The Morgan fingerprint density at radius 3 is 2.92 bits per heavy atom. The first kappa shape index (κ1) is 8.12. The molecule has 0 bridgehead atoms. The van der Waals surface area contributed by atoms with E-state index in [4.69, 9.17) is 11.6 Å². The van der Waals surface area contributed by atoms with Crippen LogP contribution in [0.1, 0.15) is 5.82 Å². The highest BCUT2D eigenvalue weighted by Crippen LogP contribution is 2.09. The van der Waals surface area contributed by atoms with Gasteiger partial charge in [0.15, 0.2) is 0 Å². The van der Waals surface area contributed by atoms with Crippen molar-refractivity contribution in [1.29, 1.82) is 0 Å². The maximum atomic E-state index is 5.56. The van der Waals surface area contributed by atoms with E-state index in [1.54, 1.807) is 18.6 Å². The van der Waals surface area contributed by atoms with Crippen LogP contribution in [-0.4, -0.2) is 25.1 Å². The Balaban J connectivity index is 2.36. The molecule has 0 saturated heterocycles. The van der Waals surface area contributed by atoms with E-state index >= 15 is 0 Å². The first-order chi connectivity index (χ1) is 6.40. The van der Waals surface area contributed by atoms with Gasteiger partial charge in [-0.1, -0.05) is 0 Å². The highest BCUT2D eigenvalue weighted by Gasteiger charge is 2.05. The third kappa shape index (κ3) is 1.65. The second kappa shape index (κ2) is 3.49. The summed E-state index contributed by atoms with van der Waals surface area (Å²) in [5.41, 5.74) is 0.634. The van der Waals surface area contributed by atoms with Crippen LogP contribution in [0.2, 0.25) is 0 Å². The summed E-state index contributed by atoms with van der Waals surface area (Å²) in [6, 6.07) is 0. The minimum Gasteiger partial charge on any atom is -0.262 e. The molecule has 0 amide bonds. The predicted octanol–water partition coefficient (Wildman–Crippen LogP) is 1.00. The van der Waals surface area contributed by atoms with Crippen molar-refractivity contribution in [3.8, 4) is 11.5 Å². The lowest BCUT2D eigenvalue weighted by atomic mass is 10.4. The van der Waals surface area contributed by atoms with Gasteiger partial charge in [-0.15, -0.1) is 11.6 Å². The monoisotopic (exact) mass is 195 g/mol. The summed E-state index contributed by atoms with van der Waals surface area (Å²) in [7, 11) is 0. The molecule has 13 heavy (non-hydrogen) atoms. The molecular weight excluding hydrogens is 190 g/mol. The van der Waals surface area contributed by atoms with Crippen LogP contribution in [0.4, 0.5) is 0 Å². The normalized spacial score (nSPS) is 10.2. The molecular formula is C7H6ClN5. The summed E-state index contributed by atoms with van der Waals surface area (Å²) in [6.45, 7) is 0. The van der Waals surface area contributed by atoms with E-state index in [-0.39, 0.29) is 0 Å². The van der Waals surface area contributed by atoms with E-state index in [0.29, 0.717) is 23.2 Å². The minimum absolute atomic E-state index is 0.313. The van der Waals surface area contributed by atoms with Gasteiger partial charge in [0.1, 0.15) is 11.5 Å². The number of aromatic amines is 1. The summed E-state index contributed by atoms with van der Waals surface area (Å²) >= 11 is 5.56. The van der Waals surface area contributed by atoms with Crippen molar-refractivity contribution in [3.05, 3.63) is 24.4 Å². The van der Waals surface area contributed by atoms with Gasteiger partial charge in [-0.2, -0.15) is 5.10 Å². The SMILES string of the molecule is ClCc1nc(-c2cnccn2)n[nH]1. The van der Waals surface area contributed by atoms with Crippen molar-refractivity contribution in [3.63, 3.8) is 0 Å². The molecule has 0 aliphatic carbocycles. The number of halogens is 1. The number of nitrogens with one attached hydrogen (secondary N) is 1. The summed E-state index contributed by atoms with van der Waals surface area (Å²) in [4.78, 5) is 12.1. The number of aromatic nitrogens is 5. The van der Waals surface area contributed by atoms with Crippen LogP contribution < -0.4 is 0 Å². The molecule has 0 fully saturated rings. The molecule has 0 spiro atoms. The van der Waals surface area contributed by atoms with Crippen LogP contribution in [0.3, 0.4) is 0 Å². The molecule has 5 nitrogen and oxygen atoms in total. The highest BCUT2D eigenvalue weighted by molar-refractivity contribution is 6.16. The van der Waals surface area contributed by atoms with Crippen molar-refractivity contribution >= 4 is 11.6 Å². The average Bonchev–Trinajstić information content (AvgIpc) is 2.67. The second-order valence-electron chi connectivity index (χ2n) is 2.33. The van der Waals surface area contributed by atoms with Crippen LogP contribution >= 0.6 is 11.6 Å². The first-order valence-electron chi connectivity index (χ1n) is 3.64. The molecule has 2 aromatic heterocycles. The molecule has 0 aliphatic heterocycles. The molecule has 0 saturated carbocycles. The number of alkyl halides is 1. The lowest BCUT2D eigenvalue weighted by Crippen LogP contribution is -1.86. The van der Waals surface area contributed by atoms with Gasteiger partial charge < -0.3 is 0 Å². The maximum absolute atomic E-state index is 5.56. The Hall–Kier alpha value is -1.49. The third-order valence-corrected chi connectivity index (χ3v) is 1.70. The van der Waals surface area contributed by atoms with E-state index < -0.39 is 0 Å². The maximum Gasteiger partial charge on any atom is 0.201 e. The molecule has 0 unspecified atom stereocenters. The van der Waals surface area contributed by atoms with Crippen molar-refractivity contribution < 1.29 is 0 Å². The van der Waals surface area contributed by atoms with Crippen LogP contribution in [-0.2, 0) is 5.88 Å². The number of nitrogens with zero attached hydrogens (tertiary/aromatic N) is 4. The molecule has 6 heteroatoms. The number of hydrogen-bond donors (Lipinski definition) is 1. The van der Waals surface area contributed by atoms with Crippen molar-refractivity contribution in [1.82, 2.24) is 25.1 Å². The Morgan fingerprint density at radius 1 is 1.38 bits per heavy atom. The third-order valence-electron chi connectivity index (χ3n) is 1.45. The van der Waals surface area contributed by atoms with Crippen LogP contribution in [0.25, 0.3) is 11.5 Å². The largest absolute Gasteiger partial charge is 0.262 e. The Bertz CT molecular complexity index is 385. The number of rotatable bonds is 2. The Kier molecular flexibility index (Phi) is 2.18. The van der Waals surface area contributed by atoms with Gasteiger partial charge in [0.05, 0.1) is 12.1 Å². The van der Waals surface area contributed by atoms with Gasteiger partial charge in [0.2, 0.25) is 5.82 Å². The standard InChI is InChI=1S/C7H6ClN5/c8-3-6-11-7(13-12-6)5-4-9-1-2-10-5/h1-2,4H,3H2,(H,11,12,13). The molecule has 2 heterocycles. The first-order valence-corrected chi connectivity index (χ1v) is 4.17. The topological polar surface area (TPSA) is 67.3 Å². The Labute approximate surface area is 79.2 Å². The van der Waals surface area contributed by atoms with Gasteiger partial charge in [0.25, 0.3) is 0 Å². The van der Waals surface area contributed by atoms with Gasteiger partial charge in [-0.25, -0.2) is 9.97 Å². The van der Waals surface area contributed by atoms with E-state index in [0.717, 1.165) is 0 Å². The minimum atomic E-state index is 0.313. The quantitative estimate of drug-likeness (QED) is 0.726. The van der Waals surface area contributed by atoms with Crippen LogP contribution in [0.15, 0.2) is 18.6 Å². The molecule has 2 rings (SSSR count). The van der Waals surface area contributed by atoms with E-state index in [9.17, 15) is 0 Å². The number of hydrogen-bond acceptors (Lipinski definition) is 4.